The van der Waals surface area contributed by atoms with E-state index >= 15 is 0 Å². The third-order valence-corrected chi connectivity index (χ3v) is 4.62. The Hall–Kier alpha value is -1.85. The average molecular weight is 305 g/mol. The highest BCUT2D eigenvalue weighted by Gasteiger charge is 2.13. The van der Waals surface area contributed by atoms with E-state index in [4.69, 9.17) is 4.74 Å². The van der Waals surface area contributed by atoms with E-state index in [2.05, 4.69) is 4.72 Å². The van der Waals surface area contributed by atoms with Crippen LogP contribution in [0.5, 0.6) is 5.75 Å². The van der Waals surface area contributed by atoms with Gasteiger partial charge in [0.1, 0.15) is 5.75 Å². The van der Waals surface area contributed by atoms with Crippen LogP contribution < -0.4 is 9.46 Å². The molecule has 2 aromatic carbocycles. The smallest absolute Gasteiger partial charge is 0.240 e. The molecule has 0 bridgehead atoms. The van der Waals surface area contributed by atoms with Crippen molar-refractivity contribution in [2.24, 2.45) is 0 Å². The Morgan fingerprint density at radius 3 is 2.48 bits per heavy atom. The van der Waals surface area contributed by atoms with E-state index in [0.29, 0.717) is 0 Å². The molecule has 0 spiro atoms. The molecule has 0 aromatic heterocycles. The zero-order valence-electron chi connectivity index (χ0n) is 12.4. The van der Waals surface area contributed by atoms with Gasteiger partial charge in [-0.05, 0) is 48.7 Å². The lowest BCUT2D eigenvalue weighted by Gasteiger charge is -2.10. The second kappa shape index (κ2) is 6.28. The van der Waals surface area contributed by atoms with Crippen molar-refractivity contribution in [1.29, 1.82) is 0 Å². The van der Waals surface area contributed by atoms with Crippen LogP contribution in [0.15, 0.2) is 47.4 Å². The summed E-state index contributed by atoms with van der Waals surface area (Å²) < 4.78 is 32.3. The molecule has 0 aliphatic rings. The Kier molecular flexibility index (Phi) is 4.65. The van der Waals surface area contributed by atoms with E-state index in [1.807, 2.05) is 38.1 Å². The van der Waals surface area contributed by atoms with Crippen molar-refractivity contribution >= 4 is 10.0 Å². The third-order valence-electron chi connectivity index (χ3n) is 3.23. The fourth-order valence-electron chi connectivity index (χ4n) is 2.09. The number of hydrogen-bond donors (Lipinski definition) is 1. The average Bonchev–Trinajstić information content (AvgIpc) is 2.45. The first-order valence-corrected chi connectivity index (χ1v) is 8.10. The van der Waals surface area contributed by atoms with Crippen LogP contribution in [-0.4, -0.2) is 15.5 Å². The lowest BCUT2D eigenvalue weighted by atomic mass is 10.1. The van der Waals surface area contributed by atoms with Crippen LogP contribution >= 0.6 is 0 Å². The Labute approximate surface area is 125 Å². The van der Waals surface area contributed by atoms with Crippen molar-refractivity contribution in [3.8, 4) is 5.75 Å². The number of hydrogen-bond acceptors (Lipinski definition) is 3. The van der Waals surface area contributed by atoms with Gasteiger partial charge in [-0.15, -0.1) is 0 Å². The zero-order valence-corrected chi connectivity index (χ0v) is 13.2. The highest BCUT2D eigenvalue weighted by Crippen LogP contribution is 2.19. The number of aryl methyl sites for hydroxylation is 2. The van der Waals surface area contributed by atoms with Crippen LogP contribution in [0.3, 0.4) is 0 Å². The van der Waals surface area contributed by atoms with Gasteiger partial charge in [-0.2, -0.15) is 0 Å². The summed E-state index contributed by atoms with van der Waals surface area (Å²) in [7, 11) is -1.88. The number of methoxy groups -OCH3 is 1. The third kappa shape index (κ3) is 3.83. The number of rotatable bonds is 5. The molecule has 0 aliphatic carbocycles. The molecule has 0 unspecified atom stereocenters. The van der Waals surface area contributed by atoms with E-state index in [1.165, 1.54) is 0 Å². The van der Waals surface area contributed by atoms with E-state index in [1.54, 1.807) is 25.3 Å². The molecule has 0 radical (unpaired) electrons. The quantitative estimate of drug-likeness (QED) is 0.924. The molecule has 0 amide bonds. The summed E-state index contributed by atoms with van der Waals surface area (Å²) in [4.78, 5) is 0.285. The lowest BCUT2D eigenvalue weighted by Crippen LogP contribution is -2.23. The van der Waals surface area contributed by atoms with Crippen molar-refractivity contribution in [1.82, 2.24) is 4.72 Å². The van der Waals surface area contributed by atoms with Gasteiger partial charge in [0.05, 0.1) is 12.0 Å². The summed E-state index contributed by atoms with van der Waals surface area (Å²) in [6.45, 7) is 4.05. The van der Waals surface area contributed by atoms with Crippen molar-refractivity contribution in [3.05, 3.63) is 59.2 Å². The fraction of sp³-hybridized carbons (Fsp3) is 0.250. The number of sulfonamides is 1. The summed E-state index contributed by atoms with van der Waals surface area (Å²) in [5.41, 5.74) is 2.78. The predicted octanol–water partition coefficient (Wildman–Crippen LogP) is 2.79. The summed E-state index contributed by atoms with van der Waals surface area (Å²) in [5.74, 6) is 0.792. The number of ether oxygens (including phenoxy) is 1. The Balaban J connectivity index is 2.13. The van der Waals surface area contributed by atoms with Gasteiger partial charge in [0.15, 0.2) is 0 Å². The molecular weight excluding hydrogens is 286 g/mol. The lowest BCUT2D eigenvalue weighted by molar-refractivity contribution is 0.411. The molecule has 0 fully saturated rings. The summed E-state index contributed by atoms with van der Waals surface area (Å²) >= 11 is 0. The summed E-state index contributed by atoms with van der Waals surface area (Å²) in [5, 5.41) is 0. The Morgan fingerprint density at radius 2 is 1.86 bits per heavy atom. The molecule has 0 atom stereocenters. The predicted molar refractivity (Wildman–Crippen MR) is 82.9 cm³/mol. The van der Waals surface area contributed by atoms with E-state index in [0.717, 1.165) is 22.4 Å². The van der Waals surface area contributed by atoms with Gasteiger partial charge in [-0.25, -0.2) is 13.1 Å². The first kappa shape index (κ1) is 15.5. The molecule has 0 saturated carbocycles. The monoisotopic (exact) mass is 305 g/mol. The Bertz CT molecular complexity index is 739. The molecule has 1 N–H and O–H groups in total. The van der Waals surface area contributed by atoms with E-state index in [-0.39, 0.29) is 11.4 Å². The van der Waals surface area contributed by atoms with Gasteiger partial charge in [0, 0.05) is 6.54 Å². The van der Waals surface area contributed by atoms with Crippen LogP contribution in [0, 0.1) is 13.8 Å². The van der Waals surface area contributed by atoms with Gasteiger partial charge in [0.2, 0.25) is 10.0 Å². The topological polar surface area (TPSA) is 55.4 Å². The standard InChI is InChI=1S/C16H19NO3S/c1-12-5-4-6-15(9-12)21(18,19)17-11-14-7-8-16(20-3)13(2)10-14/h4-10,17H,11H2,1-3H3. The maximum absolute atomic E-state index is 12.2. The van der Waals surface area contributed by atoms with Crippen molar-refractivity contribution in [2.75, 3.05) is 7.11 Å². The molecule has 0 saturated heterocycles. The van der Waals surface area contributed by atoms with E-state index in [9.17, 15) is 8.42 Å². The normalized spacial score (nSPS) is 11.4. The van der Waals surface area contributed by atoms with Gasteiger partial charge in [-0.3, -0.25) is 0 Å². The molecule has 21 heavy (non-hydrogen) atoms. The minimum absolute atomic E-state index is 0.251. The van der Waals surface area contributed by atoms with Crippen LogP contribution in [0.2, 0.25) is 0 Å². The molecule has 2 rings (SSSR count). The molecular formula is C16H19NO3S. The fourth-order valence-corrected chi connectivity index (χ4v) is 3.22. The van der Waals surface area contributed by atoms with Crippen molar-refractivity contribution in [2.45, 2.75) is 25.3 Å². The molecule has 112 valence electrons. The number of benzene rings is 2. The molecule has 0 aliphatic heterocycles. The largest absolute Gasteiger partial charge is 0.496 e. The number of nitrogens with one attached hydrogen (secondary N) is 1. The van der Waals surface area contributed by atoms with Gasteiger partial charge in [-0.1, -0.05) is 24.3 Å². The van der Waals surface area contributed by atoms with E-state index < -0.39 is 10.0 Å². The second-order valence-electron chi connectivity index (χ2n) is 4.95. The van der Waals surface area contributed by atoms with Gasteiger partial charge in [0.25, 0.3) is 0 Å². The van der Waals surface area contributed by atoms with Gasteiger partial charge < -0.3 is 4.74 Å². The van der Waals surface area contributed by atoms with Gasteiger partial charge >= 0.3 is 0 Å². The van der Waals surface area contributed by atoms with Crippen molar-refractivity contribution in [3.63, 3.8) is 0 Å². The highest BCUT2D eigenvalue weighted by atomic mass is 32.2. The maximum Gasteiger partial charge on any atom is 0.240 e. The van der Waals surface area contributed by atoms with Crippen molar-refractivity contribution < 1.29 is 13.2 Å². The highest BCUT2D eigenvalue weighted by molar-refractivity contribution is 7.89. The molecule has 4 nitrogen and oxygen atoms in total. The maximum atomic E-state index is 12.2. The van der Waals surface area contributed by atoms with Crippen LogP contribution in [0.4, 0.5) is 0 Å². The zero-order chi connectivity index (χ0) is 15.5. The minimum Gasteiger partial charge on any atom is -0.496 e. The molecule has 2 aromatic rings. The van der Waals surface area contributed by atoms with Crippen LogP contribution in [0.25, 0.3) is 0 Å². The first-order chi connectivity index (χ1) is 9.92. The Morgan fingerprint density at radius 1 is 1.10 bits per heavy atom. The first-order valence-electron chi connectivity index (χ1n) is 6.62. The minimum atomic E-state index is -3.49. The molecule has 0 heterocycles. The molecule has 5 heteroatoms. The summed E-state index contributed by atoms with van der Waals surface area (Å²) in [6.07, 6.45) is 0. The van der Waals surface area contributed by atoms with Crippen LogP contribution in [-0.2, 0) is 16.6 Å². The summed E-state index contributed by atoms with van der Waals surface area (Å²) in [6, 6.07) is 12.5. The SMILES string of the molecule is COc1ccc(CNS(=O)(=O)c2cccc(C)c2)cc1C. The second-order valence-corrected chi connectivity index (χ2v) is 6.71. The van der Waals surface area contributed by atoms with Crippen LogP contribution in [0.1, 0.15) is 16.7 Å².